The number of rotatable bonds is 5. The summed E-state index contributed by atoms with van der Waals surface area (Å²) in [5.41, 5.74) is 4.24. The average Bonchev–Trinajstić information content (AvgIpc) is 3.23. The molecule has 168 valence electrons. The number of hydrogen-bond donors (Lipinski definition) is 1. The molecule has 8 nitrogen and oxygen atoms in total. The molecule has 1 fully saturated rings. The lowest BCUT2D eigenvalue weighted by molar-refractivity contribution is 0.0730. The number of nitrogens with zero attached hydrogens (tertiary/aromatic N) is 4. The van der Waals surface area contributed by atoms with E-state index in [0.29, 0.717) is 49.6 Å². The molecule has 2 aromatic heterocycles. The Hall–Kier alpha value is -3.45. The van der Waals surface area contributed by atoms with Crippen LogP contribution in [0.4, 0.5) is 5.82 Å². The fourth-order valence-corrected chi connectivity index (χ4v) is 5.87. The number of sulfonamides is 1. The van der Waals surface area contributed by atoms with Crippen molar-refractivity contribution >= 4 is 32.5 Å². The highest BCUT2D eigenvalue weighted by Crippen LogP contribution is 2.28. The van der Waals surface area contributed by atoms with E-state index in [2.05, 4.69) is 16.4 Å². The lowest BCUT2D eigenvalue weighted by Crippen LogP contribution is -2.41. The number of hydrogen-bond acceptors (Lipinski definition) is 6. The Morgan fingerprint density at radius 2 is 1.85 bits per heavy atom. The summed E-state index contributed by atoms with van der Waals surface area (Å²) in [4.78, 5) is 4.95. The fourth-order valence-electron chi connectivity index (χ4n) is 4.24. The molecular weight excluding hydrogens is 438 g/mol. The van der Waals surface area contributed by atoms with Crippen LogP contribution in [0.3, 0.4) is 0 Å². The number of pyridine rings is 1. The summed E-state index contributed by atoms with van der Waals surface area (Å²) in [6.45, 7) is 3.67. The summed E-state index contributed by atoms with van der Waals surface area (Å²) in [6, 6.07) is 18.9. The number of nitrogens with one attached hydrogen (secondary N) is 1. The van der Waals surface area contributed by atoms with Crippen LogP contribution in [0, 0.1) is 18.3 Å². The number of aryl methyl sites for hydroxylation is 1. The molecule has 2 aromatic carbocycles. The van der Waals surface area contributed by atoms with Gasteiger partial charge in [-0.1, -0.05) is 30.3 Å². The van der Waals surface area contributed by atoms with Crippen molar-refractivity contribution < 1.29 is 13.2 Å². The topological polar surface area (TPSA) is 99.7 Å². The predicted octanol–water partition coefficient (Wildman–Crippen LogP) is 3.30. The van der Waals surface area contributed by atoms with Gasteiger partial charge in [-0.05, 0) is 42.3 Å². The van der Waals surface area contributed by atoms with Crippen molar-refractivity contribution in [1.29, 1.82) is 5.26 Å². The maximum Gasteiger partial charge on any atom is 0.243 e. The lowest BCUT2D eigenvalue weighted by Gasteiger charge is -2.27. The van der Waals surface area contributed by atoms with Crippen molar-refractivity contribution in [2.24, 2.45) is 0 Å². The van der Waals surface area contributed by atoms with Gasteiger partial charge in [0.2, 0.25) is 10.0 Å². The summed E-state index contributed by atoms with van der Waals surface area (Å²) in [7, 11) is -3.63. The third kappa shape index (κ3) is 3.72. The van der Waals surface area contributed by atoms with E-state index in [1.165, 1.54) is 4.31 Å². The van der Waals surface area contributed by atoms with E-state index in [1.54, 1.807) is 12.1 Å². The molecule has 0 saturated carbocycles. The third-order valence-corrected chi connectivity index (χ3v) is 7.90. The normalized spacial score (nSPS) is 15.0. The Labute approximate surface area is 192 Å². The summed E-state index contributed by atoms with van der Waals surface area (Å²) in [5, 5.41) is 13.1. The first-order chi connectivity index (χ1) is 16.0. The molecule has 0 amide bonds. The average molecular weight is 462 g/mol. The van der Waals surface area contributed by atoms with Crippen molar-refractivity contribution in [3.05, 3.63) is 71.3 Å². The molecule has 3 heterocycles. The zero-order valence-electron chi connectivity index (χ0n) is 18.2. The van der Waals surface area contributed by atoms with Gasteiger partial charge in [-0.3, -0.25) is 4.40 Å². The molecule has 0 aliphatic carbocycles. The van der Waals surface area contributed by atoms with Crippen LogP contribution in [0.1, 0.15) is 16.7 Å². The van der Waals surface area contributed by atoms with Crippen LogP contribution in [0.25, 0.3) is 16.7 Å². The monoisotopic (exact) mass is 461 g/mol. The van der Waals surface area contributed by atoms with Gasteiger partial charge >= 0.3 is 0 Å². The van der Waals surface area contributed by atoms with Crippen LogP contribution in [0.2, 0.25) is 0 Å². The standard InChI is InChI=1S/C24H23N5O3S/c1-17-14-23(29-21-8-4-3-7-20(21)27-24(29)19(17)15-25)26-16-18-6-2-5-9-22(18)33(30,31)28-10-12-32-13-11-28/h2-9,14,26H,10-13,16H2,1H3. The van der Waals surface area contributed by atoms with Gasteiger partial charge in [-0.2, -0.15) is 9.57 Å². The van der Waals surface area contributed by atoms with Crippen molar-refractivity contribution in [2.75, 3.05) is 31.6 Å². The molecule has 1 aliphatic heterocycles. The second kappa shape index (κ2) is 8.48. The Morgan fingerprint density at radius 1 is 1.12 bits per heavy atom. The van der Waals surface area contributed by atoms with Gasteiger partial charge in [0.1, 0.15) is 11.9 Å². The van der Waals surface area contributed by atoms with Gasteiger partial charge < -0.3 is 10.1 Å². The number of benzene rings is 2. The van der Waals surface area contributed by atoms with Crippen molar-refractivity contribution in [3.63, 3.8) is 0 Å². The molecule has 9 heteroatoms. The Bertz CT molecular complexity index is 1500. The van der Waals surface area contributed by atoms with E-state index >= 15 is 0 Å². The van der Waals surface area contributed by atoms with Crippen LogP contribution in [-0.4, -0.2) is 48.4 Å². The number of fused-ring (bicyclic) bond motifs is 3. The highest BCUT2D eigenvalue weighted by Gasteiger charge is 2.28. The maximum absolute atomic E-state index is 13.3. The Morgan fingerprint density at radius 3 is 2.64 bits per heavy atom. The molecule has 0 spiro atoms. The highest BCUT2D eigenvalue weighted by molar-refractivity contribution is 7.89. The second-order valence-corrected chi connectivity index (χ2v) is 9.84. The molecule has 0 unspecified atom stereocenters. The largest absolute Gasteiger partial charge is 0.379 e. The first kappa shape index (κ1) is 21.4. The lowest BCUT2D eigenvalue weighted by atomic mass is 10.1. The molecule has 1 saturated heterocycles. The number of ether oxygens (including phenoxy) is 1. The van der Waals surface area contributed by atoms with Crippen molar-refractivity contribution in [3.8, 4) is 6.07 Å². The fraction of sp³-hybridized carbons (Fsp3) is 0.250. The summed E-state index contributed by atoms with van der Waals surface area (Å²) in [5.74, 6) is 0.744. The number of nitriles is 1. The van der Waals surface area contributed by atoms with Crippen LogP contribution >= 0.6 is 0 Å². The number of morpholine rings is 1. The minimum absolute atomic E-state index is 0.288. The van der Waals surface area contributed by atoms with E-state index in [1.807, 2.05) is 53.8 Å². The molecule has 33 heavy (non-hydrogen) atoms. The molecule has 0 atom stereocenters. The smallest absolute Gasteiger partial charge is 0.243 e. The molecule has 1 aliphatic rings. The van der Waals surface area contributed by atoms with E-state index in [0.717, 1.165) is 22.4 Å². The molecular formula is C24H23N5O3S. The van der Waals surface area contributed by atoms with Gasteiger partial charge in [-0.25, -0.2) is 13.4 Å². The minimum atomic E-state index is -3.63. The van der Waals surface area contributed by atoms with E-state index in [9.17, 15) is 13.7 Å². The zero-order valence-corrected chi connectivity index (χ0v) is 19.0. The molecule has 0 radical (unpaired) electrons. The van der Waals surface area contributed by atoms with Crippen LogP contribution < -0.4 is 5.32 Å². The molecule has 5 rings (SSSR count). The first-order valence-corrected chi connectivity index (χ1v) is 12.2. The van der Waals surface area contributed by atoms with E-state index in [4.69, 9.17) is 4.74 Å². The van der Waals surface area contributed by atoms with Crippen LogP contribution in [0.15, 0.2) is 59.5 Å². The van der Waals surface area contributed by atoms with E-state index < -0.39 is 10.0 Å². The summed E-state index contributed by atoms with van der Waals surface area (Å²) >= 11 is 0. The number of anilines is 1. The SMILES string of the molecule is Cc1cc(NCc2ccccc2S(=O)(=O)N2CCOCC2)n2c(nc3ccccc32)c1C#N. The molecule has 0 bridgehead atoms. The van der Waals surface area contributed by atoms with Crippen molar-refractivity contribution in [1.82, 2.24) is 13.7 Å². The van der Waals surface area contributed by atoms with Gasteiger partial charge in [0, 0.05) is 19.6 Å². The zero-order chi connectivity index (χ0) is 23.0. The van der Waals surface area contributed by atoms with Gasteiger partial charge in [-0.15, -0.1) is 0 Å². The predicted molar refractivity (Wildman–Crippen MR) is 125 cm³/mol. The minimum Gasteiger partial charge on any atom is -0.379 e. The second-order valence-electron chi connectivity index (χ2n) is 7.94. The number of para-hydroxylation sites is 2. The first-order valence-electron chi connectivity index (χ1n) is 10.7. The number of aromatic nitrogens is 2. The summed E-state index contributed by atoms with van der Waals surface area (Å²) in [6.07, 6.45) is 0. The van der Waals surface area contributed by atoms with Gasteiger partial charge in [0.15, 0.2) is 5.65 Å². The van der Waals surface area contributed by atoms with Gasteiger partial charge in [0.05, 0.1) is 34.7 Å². The molecule has 4 aromatic rings. The van der Waals surface area contributed by atoms with Crippen molar-refractivity contribution in [2.45, 2.75) is 18.4 Å². The molecule has 1 N–H and O–H groups in total. The van der Waals surface area contributed by atoms with E-state index in [-0.39, 0.29) is 4.90 Å². The van der Waals surface area contributed by atoms with Crippen LogP contribution in [-0.2, 0) is 21.3 Å². The number of imidazole rings is 1. The quantitative estimate of drug-likeness (QED) is 0.490. The maximum atomic E-state index is 13.3. The highest BCUT2D eigenvalue weighted by atomic mass is 32.2. The Balaban J connectivity index is 1.55. The Kier molecular flexibility index (Phi) is 5.50. The third-order valence-electron chi connectivity index (χ3n) is 5.91. The van der Waals surface area contributed by atoms with Crippen LogP contribution in [0.5, 0.6) is 0 Å². The van der Waals surface area contributed by atoms with Gasteiger partial charge in [0.25, 0.3) is 0 Å². The summed E-state index contributed by atoms with van der Waals surface area (Å²) < 4.78 is 35.3.